The van der Waals surface area contributed by atoms with Crippen molar-refractivity contribution >= 4 is 17.5 Å². The van der Waals surface area contributed by atoms with Gasteiger partial charge in [0.1, 0.15) is 11.5 Å². The Morgan fingerprint density at radius 3 is 2.62 bits per heavy atom. The predicted molar refractivity (Wildman–Crippen MR) is 66.1 cm³/mol. The number of ketones is 1. The van der Waals surface area contributed by atoms with Crippen LogP contribution in [0.15, 0.2) is 29.2 Å². The third kappa shape index (κ3) is 2.79. The fourth-order valence-electron chi connectivity index (χ4n) is 1.89. The number of carbonyl (C=O) groups excluding carboxylic acids is 1. The first-order valence-corrected chi connectivity index (χ1v) is 6.51. The highest BCUT2D eigenvalue weighted by Gasteiger charge is 2.22. The summed E-state index contributed by atoms with van der Waals surface area (Å²) in [4.78, 5) is 12.8. The summed E-state index contributed by atoms with van der Waals surface area (Å²) >= 11 is 1.69. The Kier molecular flexibility index (Phi) is 3.88. The van der Waals surface area contributed by atoms with Crippen LogP contribution in [0.4, 0.5) is 0 Å². The Morgan fingerprint density at radius 1 is 1.25 bits per heavy atom. The molecule has 1 saturated carbocycles. The second-order valence-electron chi connectivity index (χ2n) is 3.99. The molecule has 0 heterocycles. The molecule has 1 aliphatic rings. The molecule has 1 aromatic rings. The van der Waals surface area contributed by atoms with E-state index in [0.717, 1.165) is 29.9 Å². The van der Waals surface area contributed by atoms with E-state index in [-0.39, 0.29) is 5.25 Å². The van der Waals surface area contributed by atoms with E-state index in [1.807, 2.05) is 24.3 Å². The maximum absolute atomic E-state index is 11.7. The van der Waals surface area contributed by atoms with Crippen molar-refractivity contribution in [1.82, 2.24) is 0 Å². The molecular formula is C13H16O2S. The number of rotatable bonds is 3. The van der Waals surface area contributed by atoms with Crippen molar-refractivity contribution in [2.24, 2.45) is 0 Å². The van der Waals surface area contributed by atoms with Gasteiger partial charge in [-0.1, -0.05) is 6.42 Å². The third-order valence-corrected chi connectivity index (χ3v) is 4.16. The second kappa shape index (κ2) is 5.39. The largest absolute Gasteiger partial charge is 0.497 e. The Hall–Kier alpha value is -0.960. The Labute approximate surface area is 100 Å². The number of benzene rings is 1. The van der Waals surface area contributed by atoms with Gasteiger partial charge in [0.2, 0.25) is 0 Å². The van der Waals surface area contributed by atoms with Gasteiger partial charge in [0.05, 0.1) is 12.4 Å². The van der Waals surface area contributed by atoms with Gasteiger partial charge in [0, 0.05) is 11.3 Å². The number of hydrogen-bond acceptors (Lipinski definition) is 3. The number of carbonyl (C=O) groups is 1. The van der Waals surface area contributed by atoms with Gasteiger partial charge < -0.3 is 4.74 Å². The lowest BCUT2D eigenvalue weighted by Crippen LogP contribution is -2.21. The van der Waals surface area contributed by atoms with Crippen molar-refractivity contribution in [1.29, 1.82) is 0 Å². The van der Waals surface area contributed by atoms with Gasteiger partial charge in [-0.05, 0) is 37.1 Å². The monoisotopic (exact) mass is 236 g/mol. The van der Waals surface area contributed by atoms with Gasteiger partial charge in [-0.2, -0.15) is 0 Å². The van der Waals surface area contributed by atoms with Crippen LogP contribution in [-0.2, 0) is 4.79 Å². The highest BCUT2D eigenvalue weighted by molar-refractivity contribution is 8.00. The number of ether oxygens (including phenoxy) is 1. The van der Waals surface area contributed by atoms with E-state index in [1.165, 1.54) is 6.42 Å². The summed E-state index contributed by atoms with van der Waals surface area (Å²) in [5.41, 5.74) is 0. The first-order chi connectivity index (χ1) is 7.79. The minimum absolute atomic E-state index is 0.169. The molecule has 1 unspecified atom stereocenters. The lowest BCUT2D eigenvalue weighted by molar-refractivity contribution is -0.119. The van der Waals surface area contributed by atoms with Crippen LogP contribution in [0.25, 0.3) is 0 Å². The van der Waals surface area contributed by atoms with E-state index in [2.05, 4.69) is 0 Å². The van der Waals surface area contributed by atoms with Gasteiger partial charge in [0.15, 0.2) is 0 Å². The van der Waals surface area contributed by atoms with Crippen LogP contribution in [0.1, 0.15) is 25.7 Å². The third-order valence-electron chi connectivity index (χ3n) is 2.84. The molecule has 0 radical (unpaired) electrons. The summed E-state index contributed by atoms with van der Waals surface area (Å²) in [7, 11) is 1.66. The minimum atomic E-state index is 0.169. The molecule has 0 saturated heterocycles. The molecule has 0 N–H and O–H groups in total. The molecule has 0 spiro atoms. The highest BCUT2D eigenvalue weighted by Crippen LogP contribution is 2.32. The van der Waals surface area contributed by atoms with Crippen LogP contribution in [0.5, 0.6) is 5.75 Å². The summed E-state index contributed by atoms with van der Waals surface area (Å²) in [5.74, 6) is 1.27. The first-order valence-electron chi connectivity index (χ1n) is 5.63. The van der Waals surface area contributed by atoms with Crippen molar-refractivity contribution in [3.8, 4) is 5.75 Å². The quantitative estimate of drug-likeness (QED) is 0.805. The molecule has 3 heteroatoms. The predicted octanol–water partition coefficient (Wildman–Crippen LogP) is 3.30. The standard InChI is InChI=1S/C13H16O2S/c1-15-10-6-8-11(9-7-10)16-13-5-3-2-4-12(13)14/h6-9,13H,2-5H2,1H3. The van der Waals surface area contributed by atoms with Crippen LogP contribution in [-0.4, -0.2) is 18.1 Å². The van der Waals surface area contributed by atoms with Crippen LogP contribution < -0.4 is 4.74 Å². The minimum Gasteiger partial charge on any atom is -0.497 e. The average molecular weight is 236 g/mol. The number of Topliss-reactive ketones (excluding diaryl/α,β-unsaturated/α-hetero) is 1. The van der Waals surface area contributed by atoms with Gasteiger partial charge in [-0.15, -0.1) is 11.8 Å². The van der Waals surface area contributed by atoms with Crippen LogP contribution in [0.2, 0.25) is 0 Å². The topological polar surface area (TPSA) is 26.3 Å². The summed E-state index contributed by atoms with van der Waals surface area (Å²) in [5, 5.41) is 0.169. The van der Waals surface area contributed by atoms with Crippen molar-refractivity contribution in [2.75, 3.05) is 7.11 Å². The summed E-state index contributed by atoms with van der Waals surface area (Å²) in [6, 6.07) is 7.92. The molecule has 1 atom stereocenters. The maximum atomic E-state index is 11.7. The van der Waals surface area contributed by atoms with E-state index < -0.39 is 0 Å². The fraction of sp³-hybridized carbons (Fsp3) is 0.462. The van der Waals surface area contributed by atoms with Crippen molar-refractivity contribution in [3.05, 3.63) is 24.3 Å². The molecule has 2 rings (SSSR count). The van der Waals surface area contributed by atoms with Crippen LogP contribution in [0, 0.1) is 0 Å². The molecule has 0 aromatic heterocycles. The lowest BCUT2D eigenvalue weighted by Gasteiger charge is -2.19. The highest BCUT2D eigenvalue weighted by atomic mass is 32.2. The second-order valence-corrected chi connectivity index (χ2v) is 5.27. The Bertz CT molecular complexity index is 359. The van der Waals surface area contributed by atoms with E-state index in [0.29, 0.717) is 5.78 Å². The zero-order valence-corrected chi connectivity index (χ0v) is 10.3. The zero-order chi connectivity index (χ0) is 11.4. The Morgan fingerprint density at radius 2 is 2.00 bits per heavy atom. The maximum Gasteiger partial charge on any atom is 0.146 e. The fourth-order valence-corrected chi connectivity index (χ4v) is 3.05. The summed E-state index contributed by atoms with van der Waals surface area (Å²) < 4.78 is 5.10. The molecule has 2 nitrogen and oxygen atoms in total. The van der Waals surface area contributed by atoms with E-state index in [4.69, 9.17) is 4.74 Å². The van der Waals surface area contributed by atoms with E-state index in [1.54, 1.807) is 18.9 Å². The zero-order valence-electron chi connectivity index (χ0n) is 9.44. The molecule has 0 amide bonds. The van der Waals surface area contributed by atoms with Crippen molar-refractivity contribution in [3.63, 3.8) is 0 Å². The number of thioether (sulfide) groups is 1. The first kappa shape index (κ1) is 11.5. The van der Waals surface area contributed by atoms with E-state index in [9.17, 15) is 4.79 Å². The van der Waals surface area contributed by atoms with Gasteiger partial charge >= 0.3 is 0 Å². The SMILES string of the molecule is COc1ccc(SC2CCCCC2=O)cc1. The summed E-state index contributed by atoms with van der Waals surface area (Å²) in [6.07, 6.45) is 4.03. The Balaban J connectivity index is 1.99. The molecule has 1 fully saturated rings. The normalized spacial score (nSPS) is 20.8. The van der Waals surface area contributed by atoms with E-state index >= 15 is 0 Å². The molecule has 86 valence electrons. The van der Waals surface area contributed by atoms with Crippen molar-refractivity contribution < 1.29 is 9.53 Å². The van der Waals surface area contributed by atoms with Gasteiger partial charge in [0.25, 0.3) is 0 Å². The molecule has 0 bridgehead atoms. The molecular weight excluding hydrogens is 220 g/mol. The number of hydrogen-bond donors (Lipinski definition) is 0. The van der Waals surface area contributed by atoms with Gasteiger partial charge in [-0.3, -0.25) is 4.79 Å². The van der Waals surface area contributed by atoms with Crippen LogP contribution >= 0.6 is 11.8 Å². The van der Waals surface area contributed by atoms with Crippen LogP contribution in [0.3, 0.4) is 0 Å². The molecule has 0 aliphatic heterocycles. The molecule has 16 heavy (non-hydrogen) atoms. The molecule has 1 aromatic carbocycles. The average Bonchev–Trinajstić information content (AvgIpc) is 2.33. The lowest BCUT2D eigenvalue weighted by atomic mass is 9.99. The van der Waals surface area contributed by atoms with Crippen molar-refractivity contribution in [2.45, 2.75) is 35.8 Å². The summed E-state index contributed by atoms with van der Waals surface area (Å²) in [6.45, 7) is 0. The molecule has 1 aliphatic carbocycles. The smallest absolute Gasteiger partial charge is 0.146 e. The number of methoxy groups -OCH3 is 1. The van der Waals surface area contributed by atoms with Gasteiger partial charge in [-0.25, -0.2) is 0 Å².